The molecule has 0 heterocycles. The summed E-state index contributed by atoms with van der Waals surface area (Å²) >= 11 is 0. The van der Waals surface area contributed by atoms with E-state index in [0.717, 1.165) is 103 Å². The lowest BCUT2D eigenvalue weighted by Crippen LogP contribution is -2.64. The second-order valence-corrected chi connectivity index (χ2v) is 16.5. The number of allylic oxidation sites excluding steroid dienone is 18. The molecule has 1 aliphatic rings. The van der Waals surface area contributed by atoms with Gasteiger partial charge in [0.05, 0.1) is 13.2 Å². The summed E-state index contributed by atoms with van der Waals surface area (Å²) in [5.74, 6) is -0.533. The molecule has 0 amide bonds. The molecule has 1 saturated carbocycles. The second kappa shape index (κ2) is 38.5. The standard InChI is InChI=1S/C49H79O12P/c1-3-5-7-9-11-13-15-17-19-20-21-22-23-24-25-26-28-30-32-34-36-38-43(50)60-42(40-58-39-37-35-33-31-29-27-18-16-14-12-10-8-6-4-2)41-59-62(56,57)61-49-47(54)45(52)44(51)46(53)48(49)55/h5-8,11-14,17-19,21-22,24-25,27-28,30,42,44-49,51-55H,3-4,9-10,15-16,20,23,26,29,31-41H2,1-2H3,(H,56,57)/b7-5-,8-6-,13-11-,14-12-,19-17-,22-21-,25-24-,27-18-,30-28-. The van der Waals surface area contributed by atoms with Crippen LogP contribution in [0.3, 0.4) is 0 Å². The molecule has 1 aliphatic carbocycles. The largest absolute Gasteiger partial charge is 0.472 e. The minimum atomic E-state index is -5.05. The van der Waals surface area contributed by atoms with Crippen molar-refractivity contribution in [2.75, 3.05) is 19.8 Å². The van der Waals surface area contributed by atoms with Crippen LogP contribution in [0.5, 0.6) is 0 Å². The lowest BCUT2D eigenvalue weighted by molar-refractivity contribution is -0.220. The van der Waals surface area contributed by atoms with E-state index in [1.54, 1.807) is 0 Å². The van der Waals surface area contributed by atoms with E-state index in [0.29, 0.717) is 13.0 Å². The van der Waals surface area contributed by atoms with Gasteiger partial charge in [-0.05, 0) is 96.3 Å². The molecule has 0 aliphatic heterocycles. The number of aliphatic hydroxyl groups excluding tert-OH is 5. The lowest BCUT2D eigenvalue weighted by Gasteiger charge is -2.41. The zero-order chi connectivity index (χ0) is 45.5. The van der Waals surface area contributed by atoms with Crippen LogP contribution in [0.25, 0.3) is 0 Å². The molecule has 62 heavy (non-hydrogen) atoms. The zero-order valence-electron chi connectivity index (χ0n) is 37.4. The fourth-order valence-electron chi connectivity index (χ4n) is 6.08. The van der Waals surface area contributed by atoms with E-state index < -0.39 is 63.1 Å². The Hall–Kier alpha value is -3.00. The van der Waals surface area contributed by atoms with Gasteiger partial charge in [-0.1, -0.05) is 136 Å². The Kier molecular flexibility index (Phi) is 35.4. The molecule has 13 heteroatoms. The number of hydrogen-bond acceptors (Lipinski definition) is 11. The molecule has 352 valence electrons. The molecule has 0 spiro atoms. The number of rotatable bonds is 36. The monoisotopic (exact) mass is 891 g/mol. The SMILES string of the molecule is CC/C=C\C/C=C\C/C=C\C/C=C\C/C=C\C/C=C\CCCCC(=O)OC(COCCCCCC/C=C\C/C=C\C/C=C\CC)COP(=O)(O)OC1C(O)C(O)C(O)C(O)C1O. The van der Waals surface area contributed by atoms with Crippen molar-refractivity contribution in [2.45, 2.75) is 172 Å². The Labute approximate surface area is 372 Å². The van der Waals surface area contributed by atoms with Crippen LogP contribution in [0.4, 0.5) is 0 Å². The maximum absolute atomic E-state index is 12.8. The number of carbonyl (C=O) groups excluding carboxylic acids is 1. The Morgan fingerprint density at radius 1 is 0.516 bits per heavy atom. The molecule has 0 aromatic rings. The van der Waals surface area contributed by atoms with E-state index in [1.165, 1.54) is 0 Å². The third-order valence-electron chi connectivity index (χ3n) is 9.64. The zero-order valence-corrected chi connectivity index (χ0v) is 38.3. The number of aliphatic hydroxyl groups is 5. The summed E-state index contributed by atoms with van der Waals surface area (Å²) in [5.41, 5.74) is 0. The summed E-state index contributed by atoms with van der Waals surface area (Å²) in [5, 5.41) is 50.2. The van der Waals surface area contributed by atoms with Crippen LogP contribution >= 0.6 is 7.82 Å². The third kappa shape index (κ3) is 30.1. The van der Waals surface area contributed by atoms with Crippen molar-refractivity contribution in [3.63, 3.8) is 0 Å². The molecular formula is C49H79O12P. The number of unbranched alkanes of at least 4 members (excludes halogenated alkanes) is 6. The van der Waals surface area contributed by atoms with Crippen LogP contribution in [-0.4, -0.2) is 98.9 Å². The Morgan fingerprint density at radius 2 is 0.903 bits per heavy atom. The van der Waals surface area contributed by atoms with E-state index in [1.807, 2.05) is 0 Å². The van der Waals surface area contributed by atoms with Gasteiger partial charge in [0.1, 0.15) is 42.7 Å². The third-order valence-corrected chi connectivity index (χ3v) is 10.6. The molecule has 6 atom stereocenters. The van der Waals surface area contributed by atoms with Gasteiger partial charge in [-0.25, -0.2) is 4.57 Å². The van der Waals surface area contributed by atoms with Gasteiger partial charge in [-0.3, -0.25) is 13.8 Å². The Balaban J connectivity index is 2.46. The quantitative estimate of drug-likeness (QED) is 0.0151. The van der Waals surface area contributed by atoms with Crippen LogP contribution in [0.1, 0.15) is 129 Å². The van der Waals surface area contributed by atoms with Crippen LogP contribution < -0.4 is 0 Å². The Morgan fingerprint density at radius 3 is 1.35 bits per heavy atom. The van der Waals surface area contributed by atoms with Crippen LogP contribution in [0.15, 0.2) is 109 Å². The van der Waals surface area contributed by atoms with Crippen molar-refractivity contribution in [3.8, 4) is 0 Å². The number of hydrogen-bond donors (Lipinski definition) is 6. The van der Waals surface area contributed by atoms with Crippen molar-refractivity contribution in [1.29, 1.82) is 0 Å². The maximum Gasteiger partial charge on any atom is 0.472 e. The van der Waals surface area contributed by atoms with Gasteiger partial charge < -0.3 is 39.9 Å². The van der Waals surface area contributed by atoms with Crippen molar-refractivity contribution >= 4 is 13.8 Å². The molecule has 1 fully saturated rings. The van der Waals surface area contributed by atoms with Gasteiger partial charge in [-0.2, -0.15) is 0 Å². The molecule has 6 unspecified atom stereocenters. The highest BCUT2D eigenvalue weighted by Crippen LogP contribution is 2.47. The summed E-state index contributed by atoms with van der Waals surface area (Å²) in [7, 11) is -5.05. The predicted molar refractivity (Wildman–Crippen MR) is 248 cm³/mol. The average molecular weight is 891 g/mol. The molecule has 12 nitrogen and oxygen atoms in total. The highest BCUT2D eigenvalue weighted by Gasteiger charge is 2.51. The van der Waals surface area contributed by atoms with Gasteiger partial charge in [0, 0.05) is 13.0 Å². The number of phosphoric ester groups is 1. The fraction of sp³-hybridized carbons (Fsp3) is 0.612. The molecular weight excluding hydrogens is 812 g/mol. The highest BCUT2D eigenvalue weighted by atomic mass is 31.2. The fourth-order valence-corrected chi connectivity index (χ4v) is 7.05. The van der Waals surface area contributed by atoms with E-state index in [4.69, 9.17) is 18.5 Å². The Bertz CT molecular complexity index is 1430. The second-order valence-electron chi connectivity index (χ2n) is 15.1. The molecule has 0 bridgehead atoms. The van der Waals surface area contributed by atoms with Crippen LogP contribution in [0.2, 0.25) is 0 Å². The summed E-state index contributed by atoms with van der Waals surface area (Å²) in [4.78, 5) is 23.1. The number of carbonyl (C=O) groups is 1. The first kappa shape index (κ1) is 57.0. The van der Waals surface area contributed by atoms with Crippen molar-refractivity contribution in [3.05, 3.63) is 109 Å². The maximum atomic E-state index is 12.8. The highest BCUT2D eigenvalue weighted by molar-refractivity contribution is 7.47. The number of phosphoric acid groups is 1. The number of ether oxygens (including phenoxy) is 2. The van der Waals surface area contributed by atoms with Crippen molar-refractivity contribution in [2.24, 2.45) is 0 Å². The molecule has 0 aromatic carbocycles. The van der Waals surface area contributed by atoms with E-state index >= 15 is 0 Å². The summed E-state index contributed by atoms with van der Waals surface area (Å²) in [6, 6.07) is 0. The van der Waals surface area contributed by atoms with Gasteiger partial charge >= 0.3 is 13.8 Å². The lowest BCUT2D eigenvalue weighted by atomic mass is 9.85. The van der Waals surface area contributed by atoms with E-state index in [-0.39, 0.29) is 13.0 Å². The van der Waals surface area contributed by atoms with E-state index in [9.17, 15) is 39.8 Å². The summed E-state index contributed by atoms with van der Waals surface area (Å²) < 4.78 is 34.1. The first-order chi connectivity index (χ1) is 30.0. The molecule has 0 radical (unpaired) electrons. The van der Waals surface area contributed by atoms with Crippen molar-refractivity contribution < 1.29 is 58.3 Å². The van der Waals surface area contributed by atoms with Crippen LogP contribution in [0, 0.1) is 0 Å². The van der Waals surface area contributed by atoms with Gasteiger partial charge in [0.15, 0.2) is 0 Å². The predicted octanol–water partition coefficient (Wildman–Crippen LogP) is 9.30. The average Bonchev–Trinajstić information content (AvgIpc) is 3.26. The first-order valence-electron chi connectivity index (χ1n) is 22.7. The normalized spacial score (nSPS) is 23.0. The minimum Gasteiger partial charge on any atom is -0.457 e. The minimum absolute atomic E-state index is 0.117. The van der Waals surface area contributed by atoms with Crippen LogP contribution in [-0.2, 0) is 27.9 Å². The smallest absolute Gasteiger partial charge is 0.457 e. The first-order valence-corrected chi connectivity index (χ1v) is 24.2. The summed E-state index contributed by atoms with van der Waals surface area (Å²) in [6.45, 7) is 3.90. The molecule has 0 aromatic heterocycles. The van der Waals surface area contributed by atoms with E-state index in [2.05, 4.69) is 123 Å². The molecule has 0 saturated heterocycles. The molecule has 6 N–H and O–H groups in total. The number of esters is 1. The molecule has 1 rings (SSSR count). The summed E-state index contributed by atoms with van der Waals surface area (Å²) in [6.07, 6.45) is 41.6. The van der Waals surface area contributed by atoms with Gasteiger partial charge in [-0.15, -0.1) is 0 Å². The van der Waals surface area contributed by atoms with Crippen molar-refractivity contribution in [1.82, 2.24) is 0 Å². The topological polar surface area (TPSA) is 192 Å². The van der Waals surface area contributed by atoms with Gasteiger partial charge in [0.25, 0.3) is 0 Å². The van der Waals surface area contributed by atoms with Gasteiger partial charge in [0.2, 0.25) is 0 Å².